The maximum atomic E-state index is 13.3. The number of nitrogens with zero attached hydrogens (tertiary/aromatic N) is 2. The van der Waals surface area contributed by atoms with Gasteiger partial charge >= 0.3 is 5.97 Å². The smallest absolute Gasteiger partial charge is 0.306 e. The molecule has 1 aromatic heterocycles. The van der Waals surface area contributed by atoms with Crippen molar-refractivity contribution in [3.63, 3.8) is 0 Å². The number of benzene rings is 2. The number of carboxylic acids is 1. The number of carbonyl (C=O) groups is 1. The van der Waals surface area contributed by atoms with E-state index in [1.165, 1.54) is 12.1 Å². The van der Waals surface area contributed by atoms with E-state index in [0.29, 0.717) is 25.0 Å². The van der Waals surface area contributed by atoms with Crippen molar-refractivity contribution in [3.05, 3.63) is 66.1 Å². The van der Waals surface area contributed by atoms with E-state index in [1.807, 2.05) is 25.1 Å². The maximum absolute atomic E-state index is 13.3. The van der Waals surface area contributed by atoms with E-state index in [0.717, 1.165) is 33.4 Å². The summed E-state index contributed by atoms with van der Waals surface area (Å²) in [5.41, 5.74) is 5.76. The second-order valence-corrected chi connectivity index (χ2v) is 7.14. The van der Waals surface area contributed by atoms with Crippen LogP contribution in [0.3, 0.4) is 0 Å². The summed E-state index contributed by atoms with van der Waals surface area (Å²) in [5.74, 6) is -1.51. The number of hydrogen-bond acceptors (Lipinski definition) is 3. The third-order valence-electron chi connectivity index (χ3n) is 4.82. The van der Waals surface area contributed by atoms with Gasteiger partial charge in [-0.05, 0) is 68.1 Å². The summed E-state index contributed by atoms with van der Waals surface area (Å²) in [5, 5.41) is 9.09. The summed E-state index contributed by atoms with van der Waals surface area (Å²) < 4.78 is 13.3. The van der Waals surface area contributed by atoms with Crippen molar-refractivity contribution in [2.24, 2.45) is 5.92 Å². The van der Waals surface area contributed by atoms with Crippen molar-refractivity contribution in [1.82, 2.24) is 9.97 Å². The standard InChI is InChI=1S/C23H23FN2O2/c1-14(2)17-9-12-19-21(13-17)25-20(6-4-5-15(3)23(27)28)22(26-19)16-7-10-18(24)11-8-16/h7-13,15H,1,4-6H2,2-3H3,(H,27,28). The fourth-order valence-electron chi connectivity index (χ4n) is 3.07. The average Bonchev–Trinajstić information content (AvgIpc) is 2.67. The van der Waals surface area contributed by atoms with Crippen molar-refractivity contribution in [1.29, 1.82) is 0 Å². The van der Waals surface area contributed by atoms with Crippen LogP contribution in [0.5, 0.6) is 0 Å². The molecule has 144 valence electrons. The number of aromatic nitrogens is 2. The first-order chi connectivity index (χ1) is 13.3. The van der Waals surface area contributed by atoms with Crippen LogP contribution in [0, 0.1) is 11.7 Å². The predicted octanol–water partition coefficient (Wildman–Crippen LogP) is 5.51. The van der Waals surface area contributed by atoms with Gasteiger partial charge in [0.1, 0.15) is 5.82 Å². The highest BCUT2D eigenvalue weighted by Crippen LogP contribution is 2.27. The molecule has 0 saturated heterocycles. The van der Waals surface area contributed by atoms with Crippen molar-refractivity contribution in [2.75, 3.05) is 0 Å². The van der Waals surface area contributed by atoms with Gasteiger partial charge in [-0.25, -0.2) is 14.4 Å². The van der Waals surface area contributed by atoms with Crippen LogP contribution in [0.4, 0.5) is 4.39 Å². The lowest BCUT2D eigenvalue weighted by Crippen LogP contribution is -2.10. The first kappa shape index (κ1) is 19.7. The topological polar surface area (TPSA) is 63.1 Å². The molecule has 1 atom stereocenters. The monoisotopic (exact) mass is 378 g/mol. The first-order valence-electron chi connectivity index (χ1n) is 9.30. The molecule has 0 amide bonds. The third kappa shape index (κ3) is 4.42. The van der Waals surface area contributed by atoms with Gasteiger partial charge in [-0.15, -0.1) is 0 Å². The Labute approximate surface area is 163 Å². The quantitative estimate of drug-likeness (QED) is 0.589. The van der Waals surface area contributed by atoms with Crippen molar-refractivity contribution < 1.29 is 14.3 Å². The lowest BCUT2D eigenvalue weighted by Gasteiger charge is -2.12. The number of halogens is 1. The Morgan fingerprint density at radius 1 is 1.14 bits per heavy atom. The molecular weight excluding hydrogens is 355 g/mol. The lowest BCUT2D eigenvalue weighted by molar-refractivity contribution is -0.141. The first-order valence-corrected chi connectivity index (χ1v) is 9.30. The fourth-order valence-corrected chi connectivity index (χ4v) is 3.07. The molecule has 5 heteroatoms. The number of aryl methyl sites for hydroxylation is 1. The summed E-state index contributed by atoms with van der Waals surface area (Å²) in [6.07, 6.45) is 1.84. The Morgan fingerprint density at radius 3 is 2.50 bits per heavy atom. The molecule has 0 radical (unpaired) electrons. The van der Waals surface area contributed by atoms with Gasteiger partial charge in [0.25, 0.3) is 0 Å². The number of aliphatic carboxylic acids is 1. The second-order valence-electron chi connectivity index (χ2n) is 7.14. The summed E-state index contributed by atoms with van der Waals surface area (Å²) in [6.45, 7) is 7.62. The largest absolute Gasteiger partial charge is 0.481 e. The van der Waals surface area contributed by atoms with E-state index >= 15 is 0 Å². The highest BCUT2D eigenvalue weighted by molar-refractivity contribution is 5.82. The van der Waals surface area contributed by atoms with Gasteiger partial charge in [-0.1, -0.05) is 25.1 Å². The SMILES string of the molecule is C=C(C)c1ccc2nc(-c3ccc(F)cc3)c(CCCC(C)C(=O)O)nc2c1. The van der Waals surface area contributed by atoms with E-state index in [2.05, 4.69) is 6.58 Å². The molecule has 1 N–H and O–H groups in total. The highest BCUT2D eigenvalue weighted by atomic mass is 19.1. The summed E-state index contributed by atoms with van der Waals surface area (Å²) in [6, 6.07) is 12.0. The average molecular weight is 378 g/mol. The molecule has 1 unspecified atom stereocenters. The number of allylic oxidation sites excluding steroid dienone is 1. The minimum atomic E-state index is -0.797. The van der Waals surface area contributed by atoms with Gasteiger partial charge in [0.2, 0.25) is 0 Å². The van der Waals surface area contributed by atoms with Gasteiger partial charge in [0, 0.05) is 5.56 Å². The van der Waals surface area contributed by atoms with Gasteiger partial charge in [0.15, 0.2) is 0 Å². The zero-order chi connectivity index (χ0) is 20.3. The zero-order valence-corrected chi connectivity index (χ0v) is 16.1. The molecule has 4 nitrogen and oxygen atoms in total. The minimum absolute atomic E-state index is 0.305. The fraction of sp³-hybridized carbons (Fsp3) is 0.261. The number of fused-ring (bicyclic) bond motifs is 1. The van der Waals surface area contributed by atoms with Crippen molar-refractivity contribution >= 4 is 22.6 Å². The van der Waals surface area contributed by atoms with E-state index in [1.54, 1.807) is 19.1 Å². The molecule has 3 aromatic rings. The highest BCUT2D eigenvalue weighted by Gasteiger charge is 2.15. The normalized spacial score (nSPS) is 12.1. The third-order valence-corrected chi connectivity index (χ3v) is 4.82. The molecule has 0 spiro atoms. The van der Waals surface area contributed by atoms with Gasteiger partial charge < -0.3 is 5.11 Å². The van der Waals surface area contributed by atoms with Gasteiger partial charge in [-0.3, -0.25) is 4.79 Å². The van der Waals surface area contributed by atoms with Crippen molar-refractivity contribution in [2.45, 2.75) is 33.1 Å². The molecule has 0 bridgehead atoms. The van der Waals surface area contributed by atoms with Crippen LogP contribution in [0.2, 0.25) is 0 Å². The van der Waals surface area contributed by atoms with E-state index in [4.69, 9.17) is 15.1 Å². The lowest BCUT2D eigenvalue weighted by atomic mass is 10.0. The van der Waals surface area contributed by atoms with Crippen LogP contribution in [-0.2, 0) is 11.2 Å². The Kier molecular flexibility index (Phi) is 5.83. The summed E-state index contributed by atoms with van der Waals surface area (Å²) in [7, 11) is 0. The van der Waals surface area contributed by atoms with Crippen LogP contribution in [0.15, 0.2) is 49.0 Å². The zero-order valence-electron chi connectivity index (χ0n) is 16.1. The number of carboxylic acid groups (broad SMARTS) is 1. The molecule has 0 aliphatic carbocycles. The Bertz CT molecular complexity index is 1030. The van der Waals surface area contributed by atoms with Gasteiger partial charge in [0.05, 0.1) is 28.3 Å². The Balaban J connectivity index is 2.02. The molecule has 3 rings (SSSR count). The summed E-state index contributed by atoms with van der Waals surface area (Å²) in [4.78, 5) is 20.7. The summed E-state index contributed by atoms with van der Waals surface area (Å²) >= 11 is 0. The maximum Gasteiger partial charge on any atom is 0.306 e. The number of rotatable bonds is 7. The van der Waals surface area contributed by atoms with Crippen LogP contribution in [0.25, 0.3) is 27.9 Å². The second kappa shape index (κ2) is 8.30. The Hall–Kier alpha value is -3.08. The minimum Gasteiger partial charge on any atom is -0.481 e. The molecular formula is C23H23FN2O2. The van der Waals surface area contributed by atoms with Crippen LogP contribution in [-0.4, -0.2) is 21.0 Å². The van der Waals surface area contributed by atoms with Crippen molar-refractivity contribution in [3.8, 4) is 11.3 Å². The number of hydrogen-bond donors (Lipinski definition) is 1. The molecule has 0 aliphatic rings. The molecule has 0 aliphatic heterocycles. The van der Waals surface area contributed by atoms with Crippen LogP contribution < -0.4 is 0 Å². The van der Waals surface area contributed by atoms with Crippen LogP contribution in [0.1, 0.15) is 37.9 Å². The van der Waals surface area contributed by atoms with Crippen LogP contribution >= 0.6 is 0 Å². The van der Waals surface area contributed by atoms with E-state index < -0.39 is 11.9 Å². The van der Waals surface area contributed by atoms with E-state index in [-0.39, 0.29) is 5.82 Å². The van der Waals surface area contributed by atoms with Gasteiger partial charge in [-0.2, -0.15) is 0 Å². The molecule has 0 fully saturated rings. The van der Waals surface area contributed by atoms with E-state index in [9.17, 15) is 9.18 Å². The predicted molar refractivity (Wildman–Crippen MR) is 109 cm³/mol. The molecule has 2 aromatic carbocycles. The molecule has 1 heterocycles. The Morgan fingerprint density at radius 2 is 1.86 bits per heavy atom. The molecule has 28 heavy (non-hydrogen) atoms. The molecule has 0 saturated carbocycles.